The molecule has 2 aliphatic carbocycles. The number of ether oxygens (including phenoxy) is 2. The minimum absolute atomic E-state index is 0.142. The molecular weight excluding hydrogens is 498 g/mol. The molecule has 38 heavy (non-hydrogen) atoms. The van der Waals surface area contributed by atoms with Gasteiger partial charge in [-0.1, -0.05) is 41.9 Å². The van der Waals surface area contributed by atoms with Gasteiger partial charge in [-0.3, -0.25) is 9.59 Å². The number of hydrogen-bond acceptors (Lipinski definition) is 5. The third-order valence-corrected chi connectivity index (χ3v) is 8.17. The van der Waals surface area contributed by atoms with Crippen molar-refractivity contribution in [1.82, 2.24) is 4.90 Å². The van der Waals surface area contributed by atoms with Crippen molar-refractivity contribution < 1.29 is 19.1 Å². The molecule has 0 unspecified atom stereocenters. The third kappa shape index (κ3) is 4.69. The van der Waals surface area contributed by atoms with E-state index in [1.54, 1.807) is 7.11 Å². The van der Waals surface area contributed by atoms with Crippen molar-refractivity contribution >= 4 is 23.2 Å². The lowest BCUT2D eigenvalue weighted by molar-refractivity contribution is -0.117. The minimum Gasteiger partial charge on any atom is -0.493 e. The first kappa shape index (κ1) is 26.3. The maximum absolute atomic E-state index is 13.5. The van der Waals surface area contributed by atoms with Crippen LogP contribution in [-0.4, -0.2) is 30.1 Å². The number of benzene rings is 2. The molecule has 198 valence electrons. The number of ketones is 2. The molecule has 0 saturated carbocycles. The monoisotopic (exact) mass is 531 g/mol. The van der Waals surface area contributed by atoms with Crippen LogP contribution in [0.1, 0.15) is 68.1 Å². The highest BCUT2D eigenvalue weighted by atomic mass is 35.5. The highest BCUT2D eigenvalue weighted by Crippen LogP contribution is 2.50. The van der Waals surface area contributed by atoms with Crippen LogP contribution in [0.3, 0.4) is 0 Å². The summed E-state index contributed by atoms with van der Waals surface area (Å²) in [6, 6.07) is 11.6. The summed E-state index contributed by atoms with van der Waals surface area (Å²) >= 11 is 6.37. The summed E-state index contributed by atoms with van der Waals surface area (Å²) in [4.78, 5) is 29.2. The van der Waals surface area contributed by atoms with E-state index < -0.39 is 5.92 Å². The fraction of sp³-hybridized carbons (Fsp3) is 0.375. The highest BCUT2D eigenvalue weighted by Gasteiger charge is 2.43. The lowest BCUT2D eigenvalue weighted by Gasteiger charge is -2.43. The molecular formula is C32H34ClNO4. The predicted octanol–water partition coefficient (Wildman–Crippen LogP) is 7.09. The number of nitrogens with zero attached hydrogens (tertiary/aromatic N) is 1. The molecule has 1 heterocycles. The van der Waals surface area contributed by atoms with Crippen molar-refractivity contribution in [1.29, 1.82) is 0 Å². The van der Waals surface area contributed by atoms with Gasteiger partial charge in [0.1, 0.15) is 6.61 Å². The Kier molecular flexibility index (Phi) is 7.75. The van der Waals surface area contributed by atoms with Crippen molar-refractivity contribution in [3.8, 4) is 11.5 Å². The van der Waals surface area contributed by atoms with Gasteiger partial charge in [0, 0.05) is 64.0 Å². The predicted molar refractivity (Wildman–Crippen MR) is 150 cm³/mol. The molecule has 1 aliphatic heterocycles. The van der Waals surface area contributed by atoms with Crippen molar-refractivity contribution in [2.24, 2.45) is 0 Å². The Morgan fingerprint density at radius 3 is 2.24 bits per heavy atom. The standard InChI is InChI=1S/C32H34ClNO4/c1-4-10-20-17-22(18-28(37-3)32(20)38-19-21-11-6-7-12-23(21)33)29-30-24(13-8-15-26(30)35)34(5-2)25-14-9-16-27(36)31(25)29/h4,6-7,11-12,17-18,29H,1,5,8-10,13-16,19H2,2-3H3. The smallest absolute Gasteiger partial charge is 0.165 e. The van der Waals surface area contributed by atoms with Crippen LogP contribution in [0.25, 0.3) is 0 Å². The van der Waals surface area contributed by atoms with Crippen LogP contribution in [0, 0.1) is 0 Å². The van der Waals surface area contributed by atoms with Gasteiger partial charge in [0.2, 0.25) is 0 Å². The van der Waals surface area contributed by atoms with Gasteiger partial charge in [0.05, 0.1) is 7.11 Å². The maximum atomic E-state index is 13.5. The van der Waals surface area contributed by atoms with Crippen LogP contribution in [0.2, 0.25) is 5.02 Å². The van der Waals surface area contributed by atoms with E-state index in [-0.39, 0.29) is 18.2 Å². The lowest BCUT2D eigenvalue weighted by atomic mass is 9.70. The first-order chi connectivity index (χ1) is 18.5. The van der Waals surface area contributed by atoms with Crippen LogP contribution in [0.4, 0.5) is 0 Å². The molecule has 5 rings (SSSR count). The first-order valence-corrected chi connectivity index (χ1v) is 13.8. The fourth-order valence-electron chi connectivity index (χ4n) is 6.17. The van der Waals surface area contributed by atoms with Gasteiger partial charge in [0.15, 0.2) is 23.1 Å². The van der Waals surface area contributed by atoms with E-state index in [0.717, 1.165) is 71.5 Å². The molecule has 0 fully saturated rings. The summed E-state index contributed by atoms with van der Waals surface area (Å²) < 4.78 is 12.1. The second-order valence-electron chi connectivity index (χ2n) is 10.0. The van der Waals surface area contributed by atoms with E-state index in [4.69, 9.17) is 21.1 Å². The summed E-state index contributed by atoms with van der Waals surface area (Å²) in [6.07, 6.45) is 6.80. The largest absolute Gasteiger partial charge is 0.493 e. The average molecular weight is 532 g/mol. The molecule has 0 bridgehead atoms. The number of allylic oxidation sites excluding steroid dienone is 5. The van der Waals surface area contributed by atoms with Gasteiger partial charge in [-0.05, 0) is 56.7 Å². The van der Waals surface area contributed by atoms with Crippen molar-refractivity contribution in [3.05, 3.63) is 93.3 Å². The molecule has 2 aromatic carbocycles. The van der Waals surface area contributed by atoms with E-state index in [1.165, 1.54) is 0 Å². The quantitative estimate of drug-likeness (QED) is 0.340. The molecule has 5 nitrogen and oxygen atoms in total. The van der Waals surface area contributed by atoms with Crippen LogP contribution in [0.5, 0.6) is 11.5 Å². The first-order valence-electron chi connectivity index (χ1n) is 13.5. The molecule has 2 aromatic rings. The molecule has 0 spiro atoms. The van der Waals surface area contributed by atoms with E-state index in [0.29, 0.717) is 35.8 Å². The maximum Gasteiger partial charge on any atom is 0.165 e. The van der Waals surface area contributed by atoms with Gasteiger partial charge >= 0.3 is 0 Å². The van der Waals surface area contributed by atoms with Gasteiger partial charge in [-0.2, -0.15) is 0 Å². The number of carbonyl (C=O) groups excluding carboxylic acids is 2. The number of hydrogen-bond donors (Lipinski definition) is 0. The number of halogens is 1. The molecule has 6 heteroatoms. The van der Waals surface area contributed by atoms with Gasteiger partial charge in [-0.15, -0.1) is 6.58 Å². The highest BCUT2D eigenvalue weighted by molar-refractivity contribution is 6.31. The zero-order chi connectivity index (χ0) is 26.8. The second kappa shape index (κ2) is 11.2. The Morgan fingerprint density at radius 2 is 1.66 bits per heavy atom. The molecule has 0 radical (unpaired) electrons. The van der Waals surface area contributed by atoms with Gasteiger partial charge in [0.25, 0.3) is 0 Å². The number of Topliss-reactive ketones (excluding diaryl/α,β-unsaturated/α-hetero) is 2. The van der Waals surface area contributed by atoms with E-state index in [9.17, 15) is 9.59 Å². The summed E-state index contributed by atoms with van der Waals surface area (Å²) in [5.74, 6) is 1.08. The number of rotatable bonds is 8. The lowest BCUT2D eigenvalue weighted by Crippen LogP contribution is -2.39. The zero-order valence-electron chi connectivity index (χ0n) is 22.1. The molecule has 0 amide bonds. The van der Waals surface area contributed by atoms with Crippen LogP contribution in [0.15, 0.2) is 71.6 Å². The van der Waals surface area contributed by atoms with E-state index in [2.05, 4.69) is 24.5 Å². The molecule has 0 N–H and O–H groups in total. The molecule has 0 atom stereocenters. The normalized spacial score (nSPS) is 17.9. The van der Waals surface area contributed by atoms with Gasteiger partial charge in [-0.25, -0.2) is 0 Å². The Bertz CT molecular complexity index is 1310. The van der Waals surface area contributed by atoms with Crippen LogP contribution < -0.4 is 9.47 Å². The average Bonchev–Trinajstić information content (AvgIpc) is 2.92. The van der Waals surface area contributed by atoms with Crippen LogP contribution in [-0.2, 0) is 22.6 Å². The second-order valence-corrected chi connectivity index (χ2v) is 10.4. The van der Waals surface area contributed by atoms with Crippen molar-refractivity contribution in [2.45, 2.75) is 64.4 Å². The topological polar surface area (TPSA) is 55.8 Å². The molecule has 0 saturated heterocycles. The summed E-state index contributed by atoms with van der Waals surface area (Å²) in [7, 11) is 1.62. The van der Waals surface area contributed by atoms with Gasteiger partial charge < -0.3 is 14.4 Å². The summed E-state index contributed by atoms with van der Waals surface area (Å²) in [5, 5.41) is 0.640. The van der Waals surface area contributed by atoms with E-state index in [1.807, 2.05) is 36.4 Å². The minimum atomic E-state index is -0.390. The van der Waals surface area contributed by atoms with Crippen LogP contribution >= 0.6 is 11.6 Å². The van der Waals surface area contributed by atoms with Crippen molar-refractivity contribution in [2.75, 3.05) is 13.7 Å². The Hall–Kier alpha value is -3.31. The third-order valence-electron chi connectivity index (χ3n) is 7.80. The zero-order valence-corrected chi connectivity index (χ0v) is 22.9. The number of methoxy groups -OCH3 is 1. The van der Waals surface area contributed by atoms with Crippen molar-refractivity contribution in [3.63, 3.8) is 0 Å². The molecule has 3 aliphatic rings. The number of carbonyl (C=O) groups is 2. The summed E-state index contributed by atoms with van der Waals surface area (Å²) in [6.45, 7) is 7.10. The molecule has 0 aromatic heterocycles. The SMILES string of the molecule is C=CCc1cc(C2C3=C(CCCC3=O)N(CC)C3=C2C(=O)CCC3)cc(OC)c1OCc1ccccc1Cl. The fourth-order valence-corrected chi connectivity index (χ4v) is 6.36. The Morgan fingerprint density at radius 1 is 1.00 bits per heavy atom. The van der Waals surface area contributed by atoms with E-state index >= 15 is 0 Å². The summed E-state index contributed by atoms with van der Waals surface area (Å²) in [5.41, 5.74) is 6.41. The Balaban J connectivity index is 1.65. The Labute approximate surface area is 229 Å².